The van der Waals surface area contributed by atoms with Crippen molar-refractivity contribution in [3.63, 3.8) is 0 Å². The zero-order valence-electron chi connectivity index (χ0n) is 172. The SMILES string of the molecule is NCCN1CCC(c2ccccc2)CC1.[2H]C.[2H]C.[2H]C.[2H]C.[2H]C.[2H]C.[2H]C.[2H]C.[2H]C([2H])(N)C([2H])([2H])N1C([2H])([2H])C([2H])([2H])C(c2ccccc2)C([2H])([2H])C1([2H])[2H].[2H]C([2H])(N)C([2H])([2H])N1CCC([13c]2[13cH][13cH][13cH][13cH][13cH]2)CC1.[2H]C([2H])(N)C([2H])([2H])N1CCC(c2ccccc2)CC1.[2H]C([2H])(N)CN1CCC(c2ccccc2)CC1.[2H]C([2H])(N1C[13CH2][13CH]([13c]2[13cH][13cH][13cH][13cH][13cH]2)[13CH2]C1)[13C]([2H])([2H])N.[2H]C1([2H])CC(c2ccccc2)CC([2H])([2H])N1C([2H])([2H])C([2H])([2H])N.[2H][13C]([2H])(N)[13C]([2H])([2H])N1CCC(c2ccccc2)CC1.[2H][2H].[2H][2H].[2H][2H].[2H][2H].[2H][2H].[2H][2H].[2H][2H].[2H][2H].[2H][2H].[2H][2H].[2H][2H].[2H][2H].[2H][2H].[2H][2H].[2H][2H].[2H][2H].[2H][2H].[2H][2H].[2H][2H].[2H][2H].[2H][2H].[2H][2H].[2H][2H].[2H][2H]. The van der Waals surface area contributed by atoms with Crippen LogP contribution in [0.4, 0.5) is 0 Å². The smallest absolute Gasteiger partial charge is 0.0444 e. The van der Waals surface area contributed by atoms with Crippen molar-refractivity contribution in [3.8, 4) is 0 Å². The van der Waals surface area contributed by atoms with Crippen molar-refractivity contribution in [2.75, 3.05) is 209 Å². The van der Waals surface area contributed by atoms with Crippen LogP contribution >= 0.6 is 0 Å². The quantitative estimate of drug-likeness (QED) is 0.0263. The Morgan fingerprint density at radius 2 is 0.383 bits per heavy atom. The standard InChI is InChI=1S/8C13H20N2.8CH4.24H2/c8*14-8-11-15-9-6-13(7-10-15)12-4-2-1-3-5-12;;;;;;;;;;;;;;;;;;;;;;;;;;;;;;;;/h8*1-5,13H,6-11,14H2;8*1H4;24*1H/i1+1,2+1,3+1,4+1,5+1,6+1,7+1,8+1D2,11D2,12+1,13+1;1+1,2+1,3+1,4+1,5+1,8D2,11D2,12+1;6D2,7D2,8D2,9D2,10D2,11D2;8D2,9D2,10D2,11D2;8+1D2,11+1D2;8D2,11D2;8D2;;8*1D;24*1+1D. The molecule has 16 N–H and O–H groups in total. The van der Waals surface area contributed by atoms with E-state index in [-0.39, 0.29) is 23.3 Å². The molecule has 768 valence electrons. The predicted octanol–water partition coefficient (Wildman–Crippen LogP) is 25.6. The van der Waals surface area contributed by atoms with Gasteiger partial charge in [0.05, 0.1) is 0 Å². The first-order valence-corrected chi connectivity index (χ1v) is 42.5. The van der Waals surface area contributed by atoms with Crippen molar-refractivity contribution < 1.29 is 134 Å². The van der Waals surface area contributed by atoms with Gasteiger partial charge in [0.25, 0.3) is 0 Å². The van der Waals surface area contributed by atoms with Gasteiger partial charge in [-0.2, -0.15) is 0 Å². The highest BCUT2D eigenvalue weighted by molar-refractivity contribution is 5.27. The van der Waals surface area contributed by atoms with Gasteiger partial charge in [0.1, 0.15) is 0 Å². The van der Waals surface area contributed by atoms with Gasteiger partial charge in [-0.1, -0.05) is 302 Å². The van der Waals surface area contributed by atoms with Gasteiger partial charge in [-0.15, -0.1) is 0 Å². The second-order valence-electron chi connectivity index (χ2n) is 30.6. The Balaban J connectivity index is -0.0000000872. The minimum Gasteiger partial charge on any atom is -0.329 e. The Hall–Kier alpha value is -6.88. The van der Waals surface area contributed by atoms with E-state index in [1.165, 1.54) is 162 Å². The molecule has 8 saturated heterocycles. The highest BCUT2D eigenvalue weighted by Crippen LogP contribution is 2.35. The highest BCUT2D eigenvalue weighted by atomic mass is 15.3. The van der Waals surface area contributed by atoms with Crippen LogP contribution in [0.15, 0.2) is 243 Å². The number of hydrogen-bond donors (Lipinski definition) is 8. The number of rotatable bonds is 24. The summed E-state index contributed by atoms with van der Waals surface area (Å²) in [6.07, 6.45) is 4.85. The Kier molecular flexibility index (Phi) is 27.2. The monoisotopic (exact) mass is 1920 g/mol. The molecule has 8 aromatic carbocycles. The van der Waals surface area contributed by atoms with Gasteiger partial charge in [-0.25, -0.2) is 0 Å². The number of nitrogens with two attached hydrogens (primary N) is 8. The third-order valence-electron chi connectivity index (χ3n) is 22.8. The van der Waals surface area contributed by atoms with Crippen LogP contribution in [0.1, 0.15) is 388 Å². The first-order chi connectivity index (χ1) is 105. The van der Waals surface area contributed by atoms with Crippen LogP contribution in [0.25, 0.3) is 0 Å². The van der Waals surface area contributed by atoms with E-state index in [4.69, 9.17) is 180 Å². The van der Waals surface area contributed by atoms with Crippen LogP contribution in [0.3, 0.4) is 0 Å². The third kappa shape index (κ3) is 44.6. The topological polar surface area (TPSA) is 234 Å². The molecule has 0 aliphatic carbocycles. The molecule has 0 saturated carbocycles. The maximum atomic E-state index is 8.28. The Morgan fingerprint density at radius 3 is 0.570 bits per heavy atom. The minimum atomic E-state index is -3.57. The lowest BCUT2D eigenvalue weighted by molar-refractivity contribution is 0.218. The van der Waals surface area contributed by atoms with E-state index in [9.17, 15) is 0 Å². The predicted molar refractivity (Wildman–Crippen MR) is 616 cm³/mol. The number of hydrogen-bond acceptors (Lipinski definition) is 16. The van der Waals surface area contributed by atoms with Crippen LogP contribution in [0.5, 0.6) is 0 Å². The van der Waals surface area contributed by atoms with E-state index in [0.717, 1.165) is 102 Å². The zero-order valence-corrected chi connectivity index (χ0v) is 77.9. The molecule has 0 bridgehead atoms. The maximum Gasteiger partial charge on any atom is 0.0444 e. The average molecular weight is 1920 g/mol. The summed E-state index contributed by atoms with van der Waals surface area (Å²) in [5.74, 6) is 0.725. The summed E-state index contributed by atoms with van der Waals surface area (Å²) >= 11 is 0. The Morgan fingerprint density at radius 1 is 0.219 bits per heavy atom. The summed E-state index contributed by atoms with van der Waals surface area (Å²) in [4.78, 5) is 10.6. The molecule has 8 aliphatic rings. The van der Waals surface area contributed by atoms with Crippen LogP contribution in [0, 0.1) is 0 Å². The van der Waals surface area contributed by atoms with Gasteiger partial charge < -0.3 is 85.1 Å². The van der Waals surface area contributed by atoms with E-state index in [0.29, 0.717) is 93.4 Å². The molecule has 0 aromatic heterocycles. The summed E-state index contributed by atoms with van der Waals surface area (Å²) in [5, 5.41) is 0. The van der Waals surface area contributed by atoms with Crippen molar-refractivity contribution >= 4 is 0 Å². The lowest BCUT2D eigenvalue weighted by Crippen LogP contribution is -2.36. The van der Waals surface area contributed by atoms with E-state index in [2.05, 4.69) is 113 Å². The summed E-state index contributed by atoms with van der Waals surface area (Å²) in [7, 11) is 10.0. The fraction of sp³-hybridized carbons (Fsp3) is 0.571. The van der Waals surface area contributed by atoms with E-state index in [1.807, 2.05) is 84.9 Å². The molecule has 8 heterocycles. The molecule has 0 amide bonds. The molecular weight excluding hydrogens is 1590 g/mol. The fourth-order valence-electron chi connectivity index (χ4n) is 16.1. The number of likely N-dealkylation sites (tertiary alicyclic amines) is 8. The van der Waals surface area contributed by atoms with Gasteiger partial charge in [0.15, 0.2) is 0 Å². The van der Waals surface area contributed by atoms with E-state index < -0.39 is 135 Å². The van der Waals surface area contributed by atoms with Gasteiger partial charge in [-0.3, -0.25) is 0 Å². The van der Waals surface area contributed by atoms with E-state index >= 15 is 0 Å². The van der Waals surface area contributed by atoms with Crippen molar-refractivity contribution in [2.45, 2.75) is 209 Å². The second kappa shape index (κ2) is 72.7. The first-order valence-electron chi connectivity index (χ1n) is 93.5. The molecule has 16 rings (SSSR count). The van der Waals surface area contributed by atoms with Gasteiger partial charge in [-0.05, 0) is 299 Å². The molecule has 0 atom stereocenters. The summed E-state index contributed by atoms with van der Waals surface area (Å²) in [6.45, 7) is -33.1. The van der Waals surface area contributed by atoms with Crippen molar-refractivity contribution in [2.24, 2.45) is 45.9 Å². The van der Waals surface area contributed by atoms with Crippen LogP contribution in [-0.4, -0.2) is 248 Å². The molecule has 16 nitrogen and oxygen atoms in total. The molecule has 8 aliphatic heterocycles. The largest absolute Gasteiger partial charge is 0.329 e. The van der Waals surface area contributed by atoms with Crippen LogP contribution in [0.2, 0.25) is 0 Å². The Labute approximate surface area is 925 Å². The molecule has 0 unspecified atom stereocenters. The lowest BCUT2D eigenvalue weighted by atomic mass is 9.89. The summed E-state index contributed by atoms with van der Waals surface area (Å²) in [5.41, 5.74) is 51.3. The summed E-state index contributed by atoms with van der Waals surface area (Å²) in [6, 6.07) is 78.4. The number of piperidine rings is 8. The first kappa shape index (κ1) is 47.8. The second-order valence-corrected chi connectivity index (χ2v) is 30.6. The maximum absolute atomic E-state index is 8.28. The number of nitrogens with zero attached hydrogens (tertiary/aromatic N) is 8. The third-order valence-corrected chi connectivity index (χ3v) is 22.8. The molecular formula is C112H240N16. The van der Waals surface area contributed by atoms with Crippen molar-refractivity contribution in [3.05, 3.63) is 287 Å². The van der Waals surface area contributed by atoms with Gasteiger partial charge >= 0.3 is 0 Å². The molecule has 0 radical (unpaired) electrons. The Bertz CT molecular complexity index is 5260. The molecule has 128 heavy (non-hydrogen) atoms. The van der Waals surface area contributed by atoms with E-state index in [1.54, 1.807) is 30.3 Å². The van der Waals surface area contributed by atoms with Crippen LogP contribution < -0.4 is 45.9 Å². The molecule has 16 heteroatoms. The van der Waals surface area contributed by atoms with Gasteiger partial charge in [0, 0.05) is 238 Å². The van der Waals surface area contributed by atoms with Crippen molar-refractivity contribution in [1.82, 2.24) is 39.2 Å². The van der Waals surface area contributed by atoms with Gasteiger partial charge in [0.2, 0.25) is 0 Å². The molecule has 8 fully saturated rings. The summed E-state index contributed by atoms with van der Waals surface area (Å²) < 4.78 is 582. The zero-order chi connectivity index (χ0) is 182. The average Bonchev–Trinajstić information content (AvgIpc) is 0.670. The molecule has 0 spiro atoms. The lowest BCUT2D eigenvalue weighted by Gasteiger charge is -2.31. The molecule has 8 aromatic rings. The van der Waals surface area contributed by atoms with Crippen LogP contribution in [-0.2, 0) is 0 Å². The normalized spacial score (nSPS) is 28.2. The minimum absolute atomic E-state index is 0.00350. The number of benzene rings is 8. The van der Waals surface area contributed by atoms with Crippen molar-refractivity contribution in [1.29, 1.82) is 0 Å². The highest BCUT2D eigenvalue weighted by Gasteiger charge is 2.27. The fourth-order valence-corrected chi connectivity index (χ4v) is 16.1.